The molecule has 3 nitrogen and oxygen atoms in total. The highest BCUT2D eigenvalue weighted by atomic mass is 28.4. The van der Waals surface area contributed by atoms with Gasteiger partial charge in [0.15, 0.2) is 0 Å². The number of hydrogen-bond donors (Lipinski definition) is 0. The van der Waals surface area contributed by atoms with Crippen molar-refractivity contribution in [3.63, 3.8) is 0 Å². The molecule has 0 bridgehead atoms. The van der Waals surface area contributed by atoms with E-state index >= 15 is 0 Å². The molecule has 1 aliphatic rings. The van der Waals surface area contributed by atoms with E-state index in [2.05, 4.69) is 43.3 Å². The maximum Gasteiger partial charge on any atom is 0.536 e. The maximum absolute atomic E-state index is 5.69. The first kappa shape index (κ1) is 31.1. The lowest BCUT2D eigenvalue weighted by molar-refractivity contribution is 0.140. The molecule has 0 saturated heterocycles. The van der Waals surface area contributed by atoms with Gasteiger partial charge in [-0.2, -0.15) is 0 Å². The molecule has 0 amide bonds. The molecular weight excluding hydrogens is 484 g/mol. The molecule has 0 fully saturated rings. The Kier molecular flexibility index (Phi) is 14.1. The fourth-order valence-electron chi connectivity index (χ4n) is 6.06. The second-order valence-corrected chi connectivity index (χ2v) is 14.2. The molecule has 0 radical (unpaired) electrons. The predicted molar refractivity (Wildman–Crippen MR) is 164 cm³/mol. The fourth-order valence-corrected chi connectivity index (χ4v) is 7.91. The molecule has 2 aromatic rings. The molecule has 38 heavy (non-hydrogen) atoms. The number of fused-ring (bicyclic) bond motifs is 3. The van der Waals surface area contributed by atoms with Crippen molar-refractivity contribution in [2.45, 2.75) is 122 Å². The van der Waals surface area contributed by atoms with Crippen LogP contribution in [0.4, 0.5) is 0 Å². The van der Waals surface area contributed by atoms with Crippen molar-refractivity contribution in [3.05, 3.63) is 53.1 Å². The van der Waals surface area contributed by atoms with Gasteiger partial charge in [0.25, 0.3) is 0 Å². The number of benzene rings is 2. The lowest BCUT2D eigenvalue weighted by atomic mass is 9.99. The molecule has 0 spiro atoms. The molecule has 0 heterocycles. The van der Waals surface area contributed by atoms with E-state index in [1.807, 2.05) is 0 Å². The van der Waals surface area contributed by atoms with Gasteiger partial charge < -0.3 is 13.3 Å². The van der Waals surface area contributed by atoms with E-state index in [4.69, 9.17) is 13.3 Å². The average Bonchev–Trinajstić information content (AvgIpc) is 3.31. The molecule has 2 aromatic carbocycles. The highest BCUT2D eigenvalue weighted by Crippen LogP contribution is 2.37. The van der Waals surface area contributed by atoms with E-state index in [9.17, 15) is 0 Å². The summed E-state index contributed by atoms with van der Waals surface area (Å²) in [4.78, 5) is 0. The van der Waals surface area contributed by atoms with Gasteiger partial charge in [-0.3, -0.25) is 0 Å². The molecule has 0 aromatic heterocycles. The van der Waals surface area contributed by atoms with E-state index in [0.29, 0.717) is 0 Å². The first-order valence-electron chi connectivity index (χ1n) is 15.6. The largest absolute Gasteiger partial charge is 0.536 e. The van der Waals surface area contributed by atoms with Gasteiger partial charge in [-0.15, -0.1) is 0 Å². The van der Waals surface area contributed by atoms with Gasteiger partial charge in [0.2, 0.25) is 0 Å². The fraction of sp³-hybridized carbons (Fsp3) is 0.647. The van der Waals surface area contributed by atoms with Gasteiger partial charge in [0.05, 0.1) is 0 Å². The van der Waals surface area contributed by atoms with Gasteiger partial charge in [-0.1, -0.05) is 140 Å². The van der Waals surface area contributed by atoms with E-state index in [0.717, 1.165) is 11.6 Å². The topological polar surface area (TPSA) is 27.7 Å². The highest BCUT2D eigenvalue weighted by Gasteiger charge is 2.41. The van der Waals surface area contributed by atoms with Crippen LogP contribution in [0.15, 0.2) is 36.4 Å². The van der Waals surface area contributed by atoms with Crippen molar-refractivity contribution in [3.8, 4) is 11.1 Å². The summed E-state index contributed by atoms with van der Waals surface area (Å²) >= 11 is 0. The number of unbranched alkanes of at least 4 members (excludes halogenated alkanes) is 15. The predicted octanol–water partition coefficient (Wildman–Crippen LogP) is 9.15. The van der Waals surface area contributed by atoms with Crippen LogP contribution in [0.5, 0.6) is 0 Å². The number of hydrogen-bond acceptors (Lipinski definition) is 3. The van der Waals surface area contributed by atoms with Gasteiger partial charge in [0.1, 0.15) is 0 Å². The Bertz CT molecular complexity index is 929. The van der Waals surface area contributed by atoms with Crippen molar-refractivity contribution in [1.82, 2.24) is 0 Å². The van der Waals surface area contributed by atoms with E-state index in [-0.39, 0.29) is 0 Å². The zero-order valence-electron chi connectivity index (χ0n) is 24.9. The molecule has 3 rings (SSSR count). The van der Waals surface area contributed by atoms with E-state index in [1.54, 1.807) is 21.3 Å². The number of rotatable bonds is 21. The van der Waals surface area contributed by atoms with Gasteiger partial charge in [0, 0.05) is 26.5 Å². The van der Waals surface area contributed by atoms with Crippen molar-refractivity contribution >= 4 is 14.0 Å². The summed E-state index contributed by atoms with van der Waals surface area (Å²) in [6.07, 6.45) is 24.9. The van der Waals surface area contributed by atoms with Crippen LogP contribution < -0.4 is 5.19 Å². The van der Waals surface area contributed by atoms with Crippen molar-refractivity contribution in [1.29, 1.82) is 0 Å². The molecule has 4 heteroatoms. The van der Waals surface area contributed by atoms with Gasteiger partial charge in [-0.25, -0.2) is 0 Å². The Labute approximate surface area is 235 Å². The van der Waals surface area contributed by atoms with Crippen LogP contribution in [0.3, 0.4) is 0 Å². The van der Waals surface area contributed by atoms with Crippen LogP contribution in [0.2, 0.25) is 0 Å². The second kappa shape index (κ2) is 17.3. The summed E-state index contributed by atoms with van der Waals surface area (Å²) in [6.45, 7) is 2.30. The standard InChI is InChI=1S/C34H54O3Si/c1-5-6-7-8-9-10-11-12-13-14-15-16-17-18-19-20-21-29-22-23-30-27-31-28-32(38(35-2,36-3)37-4)24-25-33(31)34(30)26-29/h22-26,28H,5-21,27H2,1-4H3. The highest BCUT2D eigenvalue weighted by molar-refractivity contribution is 6.75. The molecule has 0 unspecified atom stereocenters. The van der Waals surface area contributed by atoms with Crippen molar-refractivity contribution < 1.29 is 13.3 Å². The van der Waals surface area contributed by atoms with Crippen LogP contribution >= 0.6 is 0 Å². The zero-order chi connectivity index (χ0) is 27.1. The molecule has 1 aliphatic carbocycles. The molecule has 0 N–H and O–H groups in total. The Morgan fingerprint density at radius 1 is 0.553 bits per heavy atom. The molecule has 0 atom stereocenters. The third-order valence-corrected chi connectivity index (χ3v) is 11.1. The summed E-state index contributed by atoms with van der Waals surface area (Å²) < 4.78 is 17.1. The third kappa shape index (κ3) is 9.04. The lowest BCUT2D eigenvalue weighted by Gasteiger charge is -2.25. The third-order valence-electron chi connectivity index (χ3n) is 8.43. The number of aryl methyl sites for hydroxylation is 1. The first-order valence-corrected chi connectivity index (χ1v) is 17.3. The molecule has 0 saturated carbocycles. The minimum atomic E-state index is -2.80. The van der Waals surface area contributed by atoms with Crippen LogP contribution in [0, 0.1) is 0 Å². The first-order chi connectivity index (χ1) is 18.7. The molecule has 0 aliphatic heterocycles. The van der Waals surface area contributed by atoms with Gasteiger partial charge >= 0.3 is 8.80 Å². The van der Waals surface area contributed by atoms with E-state index < -0.39 is 8.80 Å². The van der Waals surface area contributed by atoms with Crippen LogP contribution in [-0.4, -0.2) is 30.1 Å². The Balaban J connectivity index is 1.29. The maximum atomic E-state index is 5.69. The Morgan fingerprint density at radius 3 is 1.61 bits per heavy atom. The molecule has 212 valence electrons. The minimum Gasteiger partial charge on any atom is -0.373 e. The Hall–Kier alpha value is -1.46. The monoisotopic (exact) mass is 538 g/mol. The summed E-state index contributed by atoms with van der Waals surface area (Å²) in [5.41, 5.74) is 7.00. The van der Waals surface area contributed by atoms with E-state index in [1.165, 1.54) is 137 Å². The minimum absolute atomic E-state index is 0.972. The molecular formula is C34H54O3Si. The summed E-state index contributed by atoms with van der Waals surface area (Å²) in [5, 5.41) is 1.03. The smallest absolute Gasteiger partial charge is 0.373 e. The van der Waals surface area contributed by atoms with Crippen LogP contribution in [-0.2, 0) is 26.1 Å². The summed E-state index contributed by atoms with van der Waals surface area (Å²) in [6, 6.07) is 13.7. The normalized spacial score (nSPS) is 12.6. The summed E-state index contributed by atoms with van der Waals surface area (Å²) in [5.74, 6) is 0. The van der Waals surface area contributed by atoms with Crippen LogP contribution in [0.1, 0.15) is 126 Å². The van der Waals surface area contributed by atoms with Gasteiger partial charge in [-0.05, 0) is 47.1 Å². The van der Waals surface area contributed by atoms with Crippen LogP contribution in [0.25, 0.3) is 11.1 Å². The average molecular weight is 539 g/mol. The zero-order valence-corrected chi connectivity index (χ0v) is 25.9. The quantitative estimate of drug-likeness (QED) is 0.0999. The van der Waals surface area contributed by atoms with Crippen molar-refractivity contribution in [2.75, 3.05) is 21.3 Å². The lowest BCUT2D eigenvalue weighted by Crippen LogP contribution is -2.54. The second-order valence-electron chi connectivity index (χ2n) is 11.3. The summed E-state index contributed by atoms with van der Waals surface area (Å²) in [7, 11) is 2.22. The Morgan fingerprint density at radius 2 is 1.08 bits per heavy atom. The SMILES string of the molecule is CCCCCCCCCCCCCCCCCCc1ccc2c(c1)-c1ccc([Si](OC)(OC)OC)cc1C2. The van der Waals surface area contributed by atoms with Crippen molar-refractivity contribution in [2.24, 2.45) is 0 Å².